The fourth-order valence-electron chi connectivity index (χ4n) is 1.71. The highest BCUT2D eigenvalue weighted by Gasteiger charge is 2.48. The summed E-state index contributed by atoms with van der Waals surface area (Å²) in [6.45, 7) is 0.136. The molecule has 1 aromatic rings. The predicted octanol–water partition coefficient (Wildman–Crippen LogP) is 3.10. The van der Waals surface area contributed by atoms with E-state index in [1.165, 1.54) is 0 Å². The van der Waals surface area contributed by atoms with Crippen LogP contribution < -0.4 is 0 Å². The van der Waals surface area contributed by atoms with Gasteiger partial charge in [0.15, 0.2) is 5.17 Å². The van der Waals surface area contributed by atoms with Crippen molar-refractivity contribution in [3.63, 3.8) is 0 Å². The molecule has 1 aliphatic rings. The molecule has 1 atom stereocenters. The van der Waals surface area contributed by atoms with E-state index in [9.17, 15) is 13.2 Å². The molecule has 0 amide bonds. The van der Waals surface area contributed by atoms with Gasteiger partial charge in [0, 0.05) is 12.3 Å². The maximum atomic E-state index is 12.7. The van der Waals surface area contributed by atoms with Crippen molar-refractivity contribution in [2.75, 3.05) is 5.75 Å². The minimum absolute atomic E-state index is 0.00354. The molecule has 1 aliphatic heterocycles. The van der Waals surface area contributed by atoms with Crippen molar-refractivity contribution >= 4 is 16.9 Å². The molecule has 1 unspecified atom stereocenters. The Labute approximate surface area is 101 Å². The Kier molecular flexibility index (Phi) is 3.33. The van der Waals surface area contributed by atoms with E-state index in [1.807, 2.05) is 6.07 Å². The van der Waals surface area contributed by atoms with Crippen LogP contribution in [0.25, 0.3) is 0 Å². The summed E-state index contributed by atoms with van der Waals surface area (Å²) in [6, 6.07) is 7.37. The maximum absolute atomic E-state index is 12.7. The van der Waals surface area contributed by atoms with Crippen LogP contribution in [0.3, 0.4) is 0 Å². The van der Waals surface area contributed by atoms with E-state index in [0.29, 0.717) is 0 Å². The van der Waals surface area contributed by atoms with Crippen LogP contribution in [0.15, 0.2) is 30.3 Å². The summed E-state index contributed by atoms with van der Waals surface area (Å²) >= 11 is 0.949. The Morgan fingerprint density at radius 1 is 1.29 bits per heavy atom. The van der Waals surface area contributed by atoms with Crippen LogP contribution in [-0.2, 0) is 6.54 Å². The molecule has 0 bridgehead atoms. The molecule has 1 aromatic carbocycles. The highest BCUT2D eigenvalue weighted by Crippen LogP contribution is 2.35. The topological polar surface area (TPSA) is 27.1 Å². The third-order valence-corrected chi connectivity index (χ3v) is 3.58. The van der Waals surface area contributed by atoms with Gasteiger partial charge >= 0.3 is 6.18 Å². The summed E-state index contributed by atoms with van der Waals surface area (Å²) < 4.78 is 38.2. The van der Waals surface area contributed by atoms with E-state index >= 15 is 0 Å². The second-order valence-electron chi connectivity index (χ2n) is 3.79. The van der Waals surface area contributed by atoms with E-state index in [4.69, 9.17) is 5.41 Å². The number of nitrogens with one attached hydrogen (secondary N) is 1. The monoisotopic (exact) mass is 260 g/mol. The van der Waals surface area contributed by atoms with Crippen molar-refractivity contribution in [2.45, 2.75) is 18.8 Å². The van der Waals surface area contributed by atoms with E-state index < -0.39 is 12.2 Å². The highest BCUT2D eigenvalue weighted by molar-refractivity contribution is 8.14. The van der Waals surface area contributed by atoms with Crippen molar-refractivity contribution in [1.29, 1.82) is 5.41 Å². The molecule has 0 spiro atoms. The van der Waals surface area contributed by atoms with Crippen molar-refractivity contribution in [1.82, 2.24) is 4.90 Å². The number of hydrogen-bond donors (Lipinski definition) is 1. The first-order valence-corrected chi connectivity index (χ1v) is 6.05. The molecule has 1 heterocycles. The van der Waals surface area contributed by atoms with Crippen LogP contribution in [0.1, 0.15) is 5.56 Å². The Hall–Kier alpha value is -1.17. The van der Waals surface area contributed by atoms with E-state index in [-0.39, 0.29) is 17.5 Å². The van der Waals surface area contributed by atoms with Crippen LogP contribution >= 0.6 is 11.8 Å². The van der Waals surface area contributed by atoms with Gasteiger partial charge in [-0.25, -0.2) is 0 Å². The van der Waals surface area contributed by atoms with Crippen molar-refractivity contribution in [3.05, 3.63) is 35.9 Å². The summed E-state index contributed by atoms with van der Waals surface area (Å²) in [4.78, 5) is 1.11. The zero-order valence-electron chi connectivity index (χ0n) is 8.87. The SMILES string of the molecule is N=C1SCC(C(F)(F)F)N1Cc1ccccc1. The molecular weight excluding hydrogens is 249 g/mol. The number of halogens is 3. The summed E-state index contributed by atoms with van der Waals surface area (Å²) in [5.74, 6) is -0.0881. The summed E-state index contributed by atoms with van der Waals surface area (Å²) in [6.07, 6.45) is -4.27. The lowest BCUT2D eigenvalue weighted by atomic mass is 10.2. The van der Waals surface area contributed by atoms with Crippen molar-refractivity contribution in [2.24, 2.45) is 0 Å². The van der Waals surface area contributed by atoms with Gasteiger partial charge in [0.25, 0.3) is 0 Å². The third-order valence-electron chi connectivity index (χ3n) is 2.59. The fourth-order valence-corrected chi connectivity index (χ4v) is 2.75. The molecule has 2 rings (SSSR count). The van der Waals surface area contributed by atoms with Crippen molar-refractivity contribution < 1.29 is 13.2 Å². The molecule has 2 nitrogen and oxygen atoms in total. The predicted molar refractivity (Wildman–Crippen MR) is 62.0 cm³/mol. The molecule has 1 saturated heterocycles. The number of rotatable bonds is 2. The summed E-state index contributed by atoms with van der Waals surface area (Å²) in [5, 5.41) is 7.55. The zero-order valence-corrected chi connectivity index (χ0v) is 9.68. The molecule has 1 N–H and O–H groups in total. The maximum Gasteiger partial charge on any atom is 0.409 e. The largest absolute Gasteiger partial charge is 0.409 e. The zero-order chi connectivity index (χ0) is 12.5. The van der Waals surface area contributed by atoms with Crippen LogP contribution in [0.4, 0.5) is 13.2 Å². The Balaban J connectivity index is 2.15. The molecule has 0 radical (unpaired) electrons. The highest BCUT2D eigenvalue weighted by atomic mass is 32.2. The van der Waals surface area contributed by atoms with E-state index in [1.54, 1.807) is 24.3 Å². The van der Waals surface area contributed by atoms with Gasteiger partial charge in [-0.05, 0) is 5.56 Å². The normalized spacial score (nSPS) is 21.0. The summed E-state index contributed by atoms with van der Waals surface area (Å²) in [5.41, 5.74) is 0.786. The number of alkyl halides is 3. The fraction of sp³-hybridized carbons (Fsp3) is 0.364. The molecule has 0 aliphatic carbocycles. The van der Waals surface area contributed by atoms with E-state index in [0.717, 1.165) is 22.2 Å². The first kappa shape index (κ1) is 12.3. The van der Waals surface area contributed by atoms with Gasteiger partial charge in [0.05, 0.1) is 0 Å². The lowest BCUT2D eigenvalue weighted by Crippen LogP contribution is -2.43. The lowest BCUT2D eigenvalue weighted by molar-refractivity contribution is -0.166. The number of hydrogen-bond acceptors (Lipinski definition) is 2. The van der Waals surface area contributed by atoms with Gasteiger partial charge in [0.1, 0.15) is 6.04 Å². The molecular formula is C11H11F3N2S. The second kappa shape index (κ2) is 4.60. The molecule has 6 heteroatoms. The quantitative estimate of drug-likeness (QED) is 0.884. The standard InChI is InChI=1S/C11H11F3N2S/c12-11(13,14)9-7-17-10(15)16(9)6-8-4-2-1-3-5-8/h1-5,9,15H,6-7H2. The number of benzene rings is 1. The smallest absolute Gasteiger partial charge is 0.334 e. The average molecular weight is 260 g/mol. The van der Waals surface area contributed by atoms with Gasteiger partial charge in [-0.1, -0.05) is 42.1 Å². The molecule has 92 valence electrons. The van der Waals surface area contributed by atoms with Gasteiger partial charge in [0.2, 0.25) is 0 Å². The van der Waals surface area contributed by atoms with Gasteiger partial charge in [-0.2, -0.15) is 13.2 Å². The average Bonchev–Trinajstić information content (AvgIpc) is 2.62. The van der Waals surface area contributed by atoms with Crippen LogP contribution in [0.5, 0.6) is 0 Å². The summed E-state index contributed by atoms with van der Waals surface area (Å²) in [7, 11) is 0. The van der Waals surface area contributed by atoms with E-state index in [2.05, 4.69) is 0 Å². The number of thioether (sulfide) groups is 1. The lowest BCUT2D eigenvalue weighted by Gasteiger charge is -2.27. The Bertz CT molecular complexity index is 405. The molecule has 17 heavy (non-hydrogen) atoms. The minimum atomic E-state index is -4.27. The third kappa shape index (κ3) is 2.74. The second-order valence-corrected chi connectivity index (χ2v) is 4.80. The van der Waals surface area contributed by atoms with Crippen molar-refractivity contribution in [3.8, 4) is 0 Å². The van der Waals surface area contributed by atoms with Gasteiger partial charge < -0.3 is 4.90 Å². The number of amidine groups is 1. The Morgan fingerprint density at radius 2 is 1.94 bits per heavy atom. The molecule has 0 aromatic heterocycles. The van der Waals surface area contributed by atoms with Crippen LogP contribution in [-0.4, -0.2) is 28.0 Å². The first-order chi connectivity index (χ1) is 7.98. The van der Waals surface area contributed by atoms with Crippen LogP contribution in [0.2, 0.25) is 0 Å². The van der Waals surface area contributed by atoms with Gasteiger partial charge in [-0.15, -0.1) is 0 Å². The minimum Gasteiger partial charge on any atom is -0.334 e. The number of nitrogens with zero attached hydrogens (tertiary/aromatic N) is 1. The first-order valence-electron chi connectivity index (χ1n) is 5.07. The Morgan fingerprint density at radius 3 is 2.53 bits per heavy atom. The van der Waals surface area contributed by atoms with Gasteiger partial charge in [-0.3, -0.25) is 5.41 Å². The molecule has 1 fully saturated rings. The molecule has 0 saturated carbocycles. The van der Waals surface area contributed by atoms with Crippen LogP contribution in [0, 0.1) is 5.41 Å².